The molecule has 2 saturated heterocycles. The second-order valence-electron chi connectivity index (χ2n) is 8.51. The summed E-state index contributed by atoms with van der Waals surface area (Å²) in [6, 6.07) is 0. The summed E-state index contributed by atoms with van der Waals surface area (Å²) in [6.07, 6.45) is 9.18. The first-order valence-corrected chi connectivity index (χ1v) is 9.35. The molecule has 8 unspecified atom stereocenters. The van der Waals surface area contributed by atoms with Gasteiger partial charge in [0.25, 0.3) is 0 Å². The zero-order valence-electron chi connectivity index (χ0n) is 12.7. The third-order valence-electron chi connectivity index (χ3n) is 7.96. The Morgan fingerprint density at radius 1 is 0.500 bits per heavy atom. The predicted octanol–water partition coefficient (Wildman–Crippen LogP) is 2.50. The third kappa shape index (κ3) is 1.64. The Morgan fingerprint density at radius 2 is 1.00 bits per heavy atom. The highest BCUT2D eigenvalue weighted by atomic mass is 14.9. The molecule has 3 aliphatic carbocycles. The van der Waals surface area contributed by atoms with Crippen LogP contribution >= 0.6 is 0 Å². The lowest BCUT2D eigenvalue weighted by molar-refractivity contribution is -0.125. The van der Waals surface area contributed by atoms with Crippen LogP contribution in [0.25, 0.3) is 0 Å². The standard InChI is InChI=1S/C18H30N2/c1-3-11-7-19-10-16-14-6-2-4-12-8-20-9-15(18(12)14)13(5-1)17(11)16/h11-20H,1-10H2. The van der Waals surface area contributed by atoms with Crippen LogP contribution in [0.4, 0.5) is 0 Å². The van der Waals surface area contributed by atoms with Crippen molar-refractivity contribution in [2.45, 2.75) is 38.5 Å². The molecule has 20 heavy (non-hydrogen) atoms. The molecule has 0 amide bonds. The van der Waals surface area contributed by atoms with Gasteiger partial charge in [-0.1, -0.05) is 12.8 Å². The first kappa shape index (κ1) is 12.5. The molecule has 2 N–H and O–H groups in total. The number of hydrogen-bond donors (Lipinski definition) is 2. The van der Waals surface area contributed by atoms with Gasteiger partial charge in [0, 0.05) is 0 Å². The van der Waals surface area contributed by atoms with E-state index in [1.54, 1.807) is 12.8 Å². The van der Waals surface area contributed by atoms with Crippen LogP contribution in [0.5, 0.6) is 0 Å². The molecular formula is C18H30N2. The van der Waals surface area contributed by atoms with E-state index in [4.69, 9.17) is 0 Å². The van der Waals surface area contributed by atoms with E-state index in [0.29, 0.717) is 0 Å². The van der Waals surface area contributed by atoms with Crippen molar-refractivity contribution in [3.63, 3.8) is 0 Å². The quantitative estimate of drug-likeness (QED) is 0.709. The van der Waals surface area contributed by atoms with Gasteiger partial charge in [-0.15, -0.1) is 0 Å². The lowest BCUT2D eigenvalue weighted by atomic mass is 9.45. The van der Waals surface area contributed by atoms with Crippen molar-refractivity contribution in [2.24, 2.45) is 47.3 Å². The summed E-state index contributed by atoms with van der Waals surface area (Å²) < 4.78 is 0. The minimum absolute atomic E-state index is 1.02. The molecule has 2 aliphatic heterocycles. The van der Waals surface area contributed by atoms with Crippen molar-refractivity contribution >= 4 is 0 Å². The molecule has 0 spiro atoms. The van der Waals surface area contributed by atoms with Gasteiger partial charge in [0.2, 0.25) is 0 Å². The molecule has 5 aliphatic rings. The van der Waals surface area contributed by atoms with Crippen molar-refractivity contribution < 1.29 is 0 Å². The molecular weight excluding hydrogens is 244 g/mol. The summed E-state index contributed by atoms with van der Waals surface area (Å²) in [5.74, 6) is 8.48. The Morgan fingerprint density at radius 3 is 1.50 bits per heavy atom. The number of piperidine rings is 2. The van der Waals surface area contributed by atoms with Gasteiger partial charge in [0.1, 0.15) is 0 Å². The minimum atomic E-state index is 1.02. The highest BCUT2D eigenvalue weighted by Gasteiger charge is 2.57. The van der Waals surface area contributed by atoms with E-state index in [9.17, 15) is 0 Å². The predicted molar refractivity (Wildman–Crippen MR) is 81.4 cm³/mol. The second-order valence-corrected chi connectivity index (χ2v) is 8.51. The minimum Gasteiger partial charge on any atom is -0.316 e. The fourth-order valence-electron chi connectivity index (χ4n) is 7.53. The Kier molecular flexibility index (Phi) is 2.93. The fraction of sp³-hybridized carbons (Fsp3) is 1.00. The molecule has 8 atom stereocenters. The molecule has 0 aromatic rings. The Hall–Kier alpha value is -0.0800. The maximum Gasteiger partial charge on any atom is -0.00148 e. The van der Waals surface area contributed by atoms with E-state index in [1.165, 1.54) is 51.9 Å². The van der Waals surface area contributed by atoms with Crippen LogP contribution in [0.1, 0.15) is 38.5 Å². The summed E-state index contributed by atoms with van der Waals surface area (Å²) in [4.78, 5) is 0. The van der Waals surface area contributed by atoms with Gasteiger partial charge in [-0.2, -0.15) is 0 Å². The van der Waals surface area contributed by atoms with Gasteiger partial charge in [0.15, 0.2) is 0 Å². The van der Waals surface area contributed by atoms with Crippen molar-refractivity contribution in [1.29, 1.82) is 0 Å². The number of nitrogens with one attached hydrogen (secondary N) is 2. The maximum atomic E-state index is 3.82. The molecule has 0 bridgehead atoms. The van der Waals surface area contributed by atoms with Crippen molar-refractivity contribution in [2.75, 3.05) is 26.2 Å². The largest absolute Gasteiger partial charge is 0.316 e. The van der Waals surface area contributed by atoms with Gasteiger partial charge >= 0.3 is 0 Å². The highest BCUT2D eigenvalue weighted by Crippen LogP contribution is 2.59. The van der Waals surface area contributed by atoms with Crippen LogP contribution in [-0.4, -0.2) is 26.2 Å². The van der Waals surface area contributed by atoms with Crippen LogP contribution in [-0.2, 0) is 0 Å². The Balaban J connectivity index is 1.55. The Bertz CT molecular complexity index is 314. The van der Waals surface area contributed by atoms with Gasteiger partial charge in [-0.25, -0.2) is 0 Å². The van der Waals surface area contributed by atoms with Crippen LogP contribution in [0, 0.1) is 47.3 Å². The first-order valence-electron chi connectivity index (χ1n) is 9.35. The molecule has 5 rings (SSSR count). The summed E-state index contributed by atoms with van der Waals surface area (Å²) >= 11 is 0. The average Bonchev–Trinajstić information content (AvgIpc) is 2.52. The number of fused-ring (bicyclic) bond motifs is 2. The van der Waals surface area contributed by atoms with E-state index in [0.717, 1.165) is 47.3 Å². The molecule has 3 saturated carbocycles. The third-order valence-corrected chi connectivity index (χ3v) is 7.96. The molecule has 0 aromatic heterocycles. The van der Waals surface area contributed by atoms with Crippen LogP contribution in [0.2, 0.25) is 0 Å². The van der Waals surface area contributed by atoms with Crippen molar-refractivity contribution in [3.05, 3.63) is 0 Å². The molecule has 5 fully saturated rings. The summed E-state index contributed by atoms with van der Waals surface area (Å²) in [5.41, 5.74) is 0. The van der Waals surface area contributed by atoms with Crippen LogP contribution in [0.15, 0.2) is 0 Å². The van der Waals surface area contributed by atoms with Crippen LogP contribution < -0.4 is 10.6 Å². The van der Waals surface area contributed by atoms with Gasteiger partial charge in [-0.3, -0.25) is 0 Å². The van der Waals surface area contributed by atoms with Gasteiger partial charge < -0.3 is 10.6 Å². The maximum absolute atomic E-state index is 3.82. The van der Waals surface area contributed by atoms with Gasteiger partial charge in [0.05, 0.1) is 0 Å². The van der Waals surface area contributed by atoms with Crippen LogP contribution in [0.3, 0.4) is 0 Å². The molecule has 2 heterocycles. The van der Waals surface area contributed by atoms with Gasteiger partial charge in [-0.05, 0) is 99.2 Å². The van der Waals surface area contributed by atoms with E-state index >= 15 is 0 Å². The molecule has 112 valence electrons. The lowest BCUT2D eigenvalue weighted by Gasteiger charge is -2.62. The fourth-order valence-corrected chi connectivity index (χ4v) is 7.53. The molecule has 0 radical (unpaired) electrons. The summed E-state index contributed by atoms with van der Waals surface area (Å²) in [6.45, 7) is 5.37. The SMILES string of the molecule is C1CC2CNCC3C4CCCC5CNCC(C(C1)C23)C54. The number of rotatable bonds is 0. The smallest absolute Gasteiger partial charge is 0.00148 e. The van der Waals surface area contributed by atoms with E-state index in [1.807, 2.05) is 0 Å². The monoisotopic (exact) mass is 274 g/mol. The Labute approximate surface area is 123 Å². The highest BCUT2D eigenvalue weighted by molar-refractivity contribution is 5.07. The van der Waals surface area contributed by atoms with E-state index in [-0.39, 0.29) is 0 Å². The summed E-state index contributed by atoms with van der Waals surface area (Å²) in [7, 11) is 0. The zero-order chi connectivity index (χ0) is 13.1. The van der Waals surface area contributed by atoms with Crippen molar-refractivity contribution in [1.82, 2.24) is 10.6 Å². The van der Waals surface area contributed by atoms with Crippen molar-refractivity contribution in [3.8, 4) is 0 Å². The van der Waals surface area contributed by atoms with E-state index < -0.39 is 0 Å². The summed E-state index contributed by atoms with van der Waals surface area (Å²) in [5, 5.41) is 7.65. The number of hydrogen-bond acceptors (Lipinski definition) is 2. The molecule has 2 nitrogen and oxygen atoms in total. The molecule has 0 aromatic carbocycles. The second kappa shape index (κ2) is 4.71. The topological polar surface area (TPSA) is 24.1 Å². The lowest BCUT2D eigenvalue weighted by Crippen LogP contribution is -2.63. The molecule has 2 heteroatoms. The first-order chi connectivity index (χ1) is 9.93. The normalized spacial score (nSPS) is 57.6. The zero-order valence-corrected chi connectivity index (χ0v) is 12.7. The van der Waals surface area contributed by atoms with E-state index in [2.05, 4.69) is 10.6 Å². The average molecular weight is 274 g/mol.